The molecule has 0 spiro atoms. The second-order valence-electron chi connectivity index (χ2n) is 6.15. The van der Waals surface area contributed by atoms with Crippen LogP contribution in [-0.2, 0) is 16.4 Å². The predicted molar refractivity (Wildman–Crippen MR) is 102 cm³/mol. The SMILES string of the molecule is CNS(=O)(=O)c1cccc(NC(=O)N(C)[C@@H](C)Cc2cc(C)ccn2)c1. The van der Waals surface area contributed by atoms with Gasteiger partial charge >= 0.3 is 6.03 Å². The van der Waals surface area contributed by atoms with E-state index in [4.69, 9.17) is 0 Å². The maximum Gasteiger partial charge on any atom is 0.321 e. The van der Waals surface area contributed by atoms with Gasteiger partial charge < -0.3 is 10.2 Å². The van der Waals surface area contributed by atoms with Gasteiger partial charge in [-0.15, -0.1) is 0 Å². The van der Waals surface area contributed by atoms with Gasteiger partial charge in [-0.05, 0) is 56.8 Å². The zero-order chi connectivity index (χ0) is 19.3. The lowest BCUT2D eigenvalue weighted by Gasteiger charge is -2.25. The maximum atomic E-state index is 12.5. The number of amides is 2. The first-order valence-corrected chi connectivity index (χ1v) is 9.70. The average Bonchev–Trinajstić information content (AvgIpc) is 2.61. The molecule has 0 aliphatic heterocycles. The van der Waals surface area contributed by atoms with Crippen LogP contribution >= 0.6 is 0 Å². The van der Waals surface area contributed by atoms with Gasteiger partial charge in [0.1, 0.15) is 0 Å². The molecule has 8 heteroatoms. The second-order valence-corrected chi connectivity index (χ2v) is 8.04. The highest BCUT2D eigenvalue weighted by Crippen LogP contribution is 2.16. The lowest BCUT2D eigenvalue weighted by molar-refractivity contribution is 0.207. The van der Waals surface area contributed by atoms with Crippen molar-refractivity contribution in [3.8, 4) is 0 Å². The maximum absolute atomic E-state index is 12.5. The Balaban J connectivity index is 2.06. The Morgan fingerprint density at radius 2 is 2.00 bits per heavy atom. The van der Waals surface area contributed by atoms with Gasteiger partial charge in [-0.3, -0.25) is 4.98 Å². The molecule has 0 unspecified atom stereocenters. The highest BCUT2D eigenvalue weighted by atomic mass is 32.2. The fourth-order valence-electron chi connectivity index (χ4n) is 2.42. The number of aryl methyl sites for hydroxylation is 1. The number of hydrogen-bond donors (Lipinski definition) is 2. The number of urea groups is 1. The Kier molecular flexibility index (Phi) is 6.33. The molecule has 0 aliphatic rings. The molecule has 140 valence electrons. The Morgan fingerprint density at radius 1 is 1.27 bits per heavy atom. The van der Waals surface area contributed by atoms with Gasteiger partial charge in [0.25, 0.3) is 0 Å². The van der Waals surface area contributed by atoms with Crippen LogP contribution in [0.1, 0.15) is 18.2 Å². The Bertz CT molecular complexity index is 884. The van der Waals surface area contributed by atoms with Crippen LogP contribution in [0, 0.1) is 6.92 Å². The number of carbonyl (C=O) groups is 1. The molecular weight excluding hydrogens is 352 g/mol. The number of pyridine rings is 1. The molecule has 2 N–H and O–H groups in total. The standard InChI is InChI=1S/C18H24N4O3S/c1-13-8-9-20-16(10-13)11-14(2)22(4)18(23)21-15-6-5-7-17(12-15)26(24,25)19-3/h5-10,12,14,19H,11H2,1-4H3,(H,21,23)/t14-/m0/s1. The topological polar surface area (TPSA) is 91.4 Å². The Morgan fingerprint density at radius 3 is 2.65 bits per heavy atom. The molecule has 2 amide bonds. The molecular formula is C18H24N4O3S. The van der Waals surface area contributed by atoms with Gasteiger partial charge in [0.05, 0.1) is 4.90 Å². The summed E-state index contributed by atoms with van der Waals surface area (Å²) in [5.74, 6) is 0. The van der Waals surface area contributed by atoms with Crippen molar-refractivity contribution in [2.24, 2.45) is 0 Å². The normalized spacial score (nSPS) is 12.5. The van der Waals surface area contributed by atoms with Crippen molar-refractivity contribution in [1.82, 2.24) is 14.6 Å². The van der Waals surface area contributed by atoms with E-state index in [-0.39, 0.29) is 17.0 Å². The van der Waals surface area contributed by atoms with E-state index in [1.165, 1.54) is 19.2 Å². The summed E-state index contributed by atoms with van der Waals surface area (Å²) in [7, 11) is -0.520. The first-order chi connectivity index (χ1) is 12.2. The highest BCUT2D eigenvalue weighted by molar-refractivity contribution is 7.89. The van der Waals surface area contributed by atoms with E-state index >= 15 is 0 Å². The van der Waals surface area contributed by atoms with Crippen LogP contribution < -0.4 is 10.0 Å². The highest BCUT2D eigenvalue weighted by Gasteiger charge is 2.18. The second kappa shape index (κ2) is 8.29. The summed E-state index contributed by atoms with van der Waals surface area (Å²) in [6.45, 7) is 3.93. The van der Waals surface area contributed by atoms with Crippen LogP contribution in [-0.4, -0.2) is 44.5 Å². The van der Waals surface area contributed by atoms with Crippen molar-refractivity contribution in [3.63, 3.8) is 0 Å². The summed E-state index contributed by atoms with van der Waals surface area (Å²) in [5, 5.41) is 2.73. The van der Waals surface area contributed by atoms with E-state index in [1.807, 2.05) is 26.0 Å². The summed E-state index contributed by atoms with van der Waals surface area (Å²) in [6, 6.07) is 9.65. The van der Waals surface area contributed by atoms with E-state index in [2.05, 4.69) is 15.0 Å². The van der Waals surface area contributed by atoms with Crippen LogP contribution in [0.2, 0.25) is 0 Å². The summed E-state index contributed by atoms with van der Waals surface area (Å²) in [6.07, 6.45) is 2.38. The minimum absolute atomic E-state index is 0.0754. The fraction of sp³-hybridized carbons (Fsp3) is 0.333. The number of anilines is 1. The minimum atomic E-state index is -3.56. The summed E-state index contributed by atoms with van der Waals surface area (Å²) >= 11 is 0. The average molecular weight is 376 g/mol. The largest absolute Gasteiger partial charge is 0.324 e. The lowest BCUT2D eigenvalue weighted by Crippen LogP contribution is -2.39. The molecule has 7 nitrogen and oxygen atoms in total. The number of nitrogens with zero attached hydrogens (tertiary/aromatic N) is 2. The summed E-state index contributed by atoms with van der Waals surface area (Å²) in [5.41, 5.74) is 2.45. The number of sulfonamides is 1. The van der Waals surface area contributed by atoms with Crippen LogP contribution in [0.3, 0.4) is 0 Å². The zero-order valence-electron chi connectivity index (χ0n) is 15.4. The van der Waals surface area contributed by atoms with Crippen LogP contribution in [0.4, 0.5) is 10.5 Å². The number of aromatic nitrogens is 1. The molecule has 2 aromatic rings. The van der Waals surface area contributed by atoms with Gasteiger partial charge in [0.2, 0.25) is 10.0 Å². The van der Waals surface area contributed by atoms with Gasteiger partial charge in [-0.2, -0.15) is 0 Å². The quantitative estimate of drug-likeness (QED) is 0.810. The van der Waals surface area contributed by atoms with E-state index in [0.717, 1.165) is 11.3 Å². The zero-order valence-corrected chi connectivity index (χ0v) is 16.2. The van der Waals surface area contributed by atoms with E-state index < -0.39 is 10.0 Å². The number of rotatable bonds is 6. The third kappa shape index (κ3) is 5.03. The molecule has 1 atom stereocenters. The summed E-state index contributed by atoms with van der Waals surface area (Å²) in [4.78, 5) is 18.5. The number of carbonyl (C=O) groups excluding carboxylic acids is 1. The van der Waals surface area contributed by atoms with Gasteiger partial charge in [-0.1, -0.05) is 6.07 Å². The van der Waals surface area contributed by atoms with E-state index in [0.29, 0.717) is 12.1 Å². The monoisotopic (exact) mass is 376 g/mol. The van der Waals surface area contributed by atoms with Crippen molar-refractivity contribution in [1.29, 1.82) is 0 Å². The number of benzene rings is 1. The molecule has 0 radical (unpaired) electrons. The molecule has 2 rings (SSSR count). The first kappa shape index (κ1) is 19.9. The van der Waals surface area contributed by atoms with Crippen molar-refractivity contribution in [2.75, 3.05) is 19.4 Å². The predicted octanol–water partition coefficient (Wildman–Crippen LogP) is 2.39. The molecule has 0 aliphatic carbocycles. The van der Waals surface area contributed by atoms with Crippen LogP contribution in [0.25, 0.3) is 0 Å². The molecule has 26 heavy (non-hydrogen) atoms. The lowest BCUT2D eigenvalue weighted by atomic mass is 10.1. The van der Waals surface area contributed by atoms with Gasteiger partial charge in [0, 0.05) is 37.1 Å². The minimum Gasteiger partial charge on any atom is -0.324 e. The molecule has 0 fully saturated rings. The van der Waals surface area contributed by atoms with Crippen LogP contribution in [0.5, 0.6) is 0 Å². The Hall–Kier alpha value is -2.45. The number of likely N-dealkylation sites (N-methyl/N-ethyl adjacent to an activating group) is 1. The third-order valence-electron chi connectivity index (χ3n) is 4.12. The molecule has 0 saturated heterocycles. The van der Waals surface area contributed by atoms with Gasteiger partial charge in [-0.25, -0.2) is 17.9 Å². The molecule has 1 aromatic carbocycles. The first-order valence-electron chi connectivity index (χ1n) is 8.22. The number of hydrogen-bond acceptors (Lipinski definition) is 4. The fourth-order valence-corrected chi connectivity index (χ4v) is 3.20. The van der Waals surface area contributed by atoms with E-state index in [1.54, 1.807) is 30.3 Å². The van der Waals surface area contributed by atoms with Crippen molar-refractivity contribution in [2.45, 2.75) is 31.2 Å². The summed E-state index contributed by atoms with van der Waals surface area (Å²) < 4.78 is 26.0. The molecule has 0 saturated carbocycles. The van der Waals surface area contributed by atoms with Crippen molar-refractivity contribution in [3.05, 3.63) is 53.9 Å². The molecule has 1 aromatic heterocycles. The van der Waals surface area contributed by atoms with Crippen molar-refractivity contribution < 1.29 is 13.2 Å². The van der Waals surface area contributed by atoms with Crippen molar-refractivity contribution >= 4 is 21.7 Å². The smallest absolute Gasteiger partial charge is 0.321 e. The molecule has 1 heterocycles. The van der Waals surface area contributed by atoms with Crippen LogP contribution in [0.15, 0.2) is 47.5 Å². The number of nitrogens with one attached hydrogen (secondary N) is 2. The van der Waals surface area contributed by atoms with E-state index in [9.17, 15) is 13.2 Å². The Labute approximate surface area is 154 Å². The van der Waals surface area contributed by atoms with Gasteiger partial charge in [0.15, 0.2) is 0 Å². The molecule has 0 bridgehead atoms. The third-order valence-corrected chi connectivity index (χ3v) is 5.53.